The minimum absolute atomic E-state index is 0.171. The standard InChI is InChI=1S/C15H19N3O2S/c1-13(2)17-21(19,20)18(15-8-4-3-5-9-15)12-14-7-6-10-16-11-14/h3-11,13,17H,12H2,1-2H3. The van der Waals surface area contributed by atoms with E-state index in [9.17, 15) is 8.42 Å². The number of aromatic nitrogens is 1. The third kappa shape index (κ3) is 4.27. The molecule has 1 aromatic carbocycles. The predicted molar refractivity (Wildman–Crippen MR) is 84.1 cm³/mol. The van der Waals surface area contributed by atoms with E-state index in [1.54, 1.807) is 44.4 Å². The molecule has 0 spiro atoms. The number of pyridine rings is 1. The van der Waals surface area contributed by atoms with Crippen LogP contribution >= 0.6 is 0 Å². The van der Waals surface area contributed by atoms with Crippen LogP contribution in [0.5, 0.6) is 0 Å². The molecule has 0 bridgehead atoms. The van der Waals surface area contributed by atoms with Crippen molar-refractivity contribution in [2.75, 3.05) is 4.31 Å². The molecule has 5 nitrogen and oxygen atoms in total. The van der Waals surface area contributed by atoms with Gasteiger partial charge in [0.05, 0.1) is 12.2 Å². The summed E-state index contributed by atoms with van der Waals surface area (Å²) in [6, 6.07) is 12.5. The maximum absolute atomic E-state index is 12.5. The zero-order chi connectivity index (χ0) is 15.3. The molecule has 112 valence electrons. The van der Waals surface area contributed by atoms with Gasteiger partial charge in [-0.05, 0) is 37.6 Å². The third-order valence-corrected chi connectivity index (χ3v) is 4.46. The van der Waals surface area contributed by atoms with Gasteiger partial charge in [0.1, 0.15) is 0 Å². The number of nitrogens with zero attached hydrogens (tertiary/aromatic N) is 2. The molecule has 21 heavy (non-hydrogen) atoms. The fraction of sp³-hybridized carbons (Fsp3) is 0.267. The molecule has 6 heteroatoms. The van der Waals surface area contributed by atoms with Crippen LogP contribution < -0.4 is 9.03 Å². The van der Waals surface area contributed by atoms with Crippen LogP contribution in [-0.2, 0) is 16.8 Å². The topological polar surface area (TPSA) is 62.3 Å². The molecule has 1 N–H and O–H groups in total. The second-order valence-corrected chi connectivity index (χ2v) is 6.61. The quantitative estimate of drug-likeness (QED) is 0.891. The average Bonchev–Trinajstić information content (AvgIpc) is 2.45. The highest BCUT2D eigenvalue weighted by Gasteiger charge is 2.23. The molecule has 0 saturated heterocycles. The molecule has 0 fully saturated rings. The van der Waals surface area contributed by atoms with E-state index in [0.29, 0.717) is 5.69 Å². The van der Waals surface area contributed by atoms with Crippen molar-refractivity contribution in [1.82, 2.24) is 9.71 Å². The molecule has 0 aliphatic rings. The summed E-state index contributed by atoms with van der Waals surface area (Å²) in [4.78, 5) is 4.03. The monoisotopic (exact) mass is 305 g/mol. The van der Waals surface area contributed by atoms with E-state index in [-0.39, 0.29) is 12.6 Å². The lowest BCUT2D eigenvalue weighted by atomic mass is 10.2. The summed E-state index contributed by atoms with van der Waals surface area (Å²) in [6.07, 6.45) is 3.33. The van der Waals surface area contributed by atoms with E-state index >= 15 is 0 Å². The Morgan fingerprint density at radius 2 is 1.86 bits per heavy atom. The highest BCUT2D eigenvalue weighted by molar-refractivity contribution is 7.90. The Kier molecular flexibility index (Phi) is 4.93. The number of para-hydroxylation sites is 1. The summed E-state index contributed by atoms with van der Waals surface area (Å²) in [7, 11) is -3.62. The lowest BCUT2D eigenvalue weighted by Crippen LogP contribution is -2.43. The summed E-state index contributed by atoms with van der Waals surface area (Å²) >= 11 is 0. The molecular formula is C15H19N3O2S. The second-order valence-electron chi connectivity index (χ2n) is 4.98. The Labute approximate surface area is 125 Å². The zero-order valence-electron chi connectivity index (χ0n) is 12.1. The van der Waals surface area contributed by atoms with Crippen molar-refractivity contribution in [2.45, 2.75) is 26.4 Å². The normalized spacial score (nSPS) is 11.6. The lowest BCUT2D eigenvalue weighted by molar-refractivity contribution is 0.564. The molecule has 2 rings (SSSR count). The molecule has 0 amide bonds. The molecule has 0 radical (unpaired) electrons. The van der Waals surface area contributed by atoms with Crippen molar-refractivity contribution in [1.29, 1.82) is 0 Å². The summed E-state index contributed by atoms with van der Waals surface area (Å²) < 4.78 is 29.0. The third-order valence-electron chi connectivity index (χ3n) is 2.77. The number of anilines is 1. The van der Waals surface area contributed by atoms with Gasteiger partial charge < -0.3 is 0 Å². The van der Waals surface area contributed by atoms with Gasteiger partial charge in [0.15, 0.2) is 0 Å². The first-order chi connectivity index (χ1) is 9.99. The van der Waals surface area contributed by atoms with Gasteiger partial charge in [-0.3, -0.25) is 9.29 Å². The summed E-state index contributed by atoms with van der Waals surface area (Å²) in [6.45, 7) is 3.83. The van der Waals surface area contributed by atoms with Crippen molar-refractivity contribution in [3.05, 3.63) is 60.4 Å². The Morgan fingerprint density at radius 3 is 2.43 bits per heavy atom. The van der Waals surface area contributed by atoms with E-state index < -0.39 is 10.2 Å². The minimum Gasteiger partial charge on any atom is -0.264 e. The molecule has 1 heterocycles. The van der Waals surface area contributed by atoms with E-state index in [0.717, 1.165) is 5.56 Å². The van der Waals surface area contributed by atoms with Gasteiger partial charge >= 0.3 is 10.2 Å². The number of hydrogen-bond acceptors (Lipinski definition) is 3. The zero-order valence-corrected chi connectivity index (χ0v) is 12.9. The Morgan fingerprint density at radius 1 is 1.14 bits per heavy atom. The van der Waals surface area contributed by atoms with Gasteiger partial charge in [-0.15, -0.1) is 0 Å². The van der Waals surface area contributed by atoms with E-state index in [2.05, 4.69) is 9.71 Å². The SMILES string of the molecule is CC(C)NS(=O)(=O)N(Cc1cccnc1)c1ccccc1. The smallest absolute Gasteiger partial charge is 0.264 e. The fourth-order valence-corrected chi connectivity index (χ4v) is 3.37. The highest BCUT2D eigenvalue weighted by Crippen LogP contribution is 2.19. The van der Waals surface area contributed by atoms with Crippen LogP contribution in [0.3, 0.4) is 0 Å². The highest BCUT2D eigenvalue weighted by atomic mass is 32.2. The second kappa shape index (κ2) is 6.69. The summed E-state index contributed by atoms with van der Waals surface area (Å²) in [5, 5.41) is 0. The maximum atomic E-state index is 12.5. The van der Waals surface area contributed by atoms with E-state index in [1.807, 2.05) is 24.3 Å². The summed E-state index contributed by atoms with van der Waals surface area (Å²) in [5.41, 5.74) is 1.45. The van der Waals surface area contributed by atoms with Crippen LogP contribution in [0.25, 0.3) is 0 Å². The van der Waals surface area contributed by atoms with Gasteiger partial charge in [0, 0.05) is 18.4 Å². The van der Waals surface area contributed by atoms with Crippen molar-refractivity contribution in [2.24, 2.45) is 0 Å². The van der Waals surface area contributed by atoms with Gasteiger partial charge in [0.25, 0.3) is 0 Å². The maximum Gasteiger partial charge on any atom is 0.302 e. The van der Waals surface area contributed by atoms with Crippen molar-refractivity contribution in [3.63, 3.8) is 0 Å². The molecule has 1 aromatic heterocycles. The van der Waals surface area contributed by atoms with Crippen LogP contribution in [0.4, 0.5) is 5.69 Å². The van der Waals surface area contributed by atoms with Gasteiger partial charge in [0.2, 0.25) is 0 Å². The minimum atomic E-state index is -3.62. The van der Waals surface area contributed by atoms with Gasteiger partial charge in [-0.25, -0.2) is 0 Å². The van der Waals surface area contributed by atoms with Crippen LogP contribution in [0, 0.1) is 0 Å². The van der Waals surface area contributed by atoms with Crippen LogP contribution in [0.1, 0.15) is 19.4 Å². The largest absolute Gasteiger partial charge is 0.302 e. The van der Waals surface area contributed by atoms with E-state index in [1.165, 1.54) is 4.31 Å². The van der Waals surface area contributed by atoms with Gasteiger partial charge in [-0.1, -0.05) is 24.3 Å². The van der Waals surface area contributed by atoms with Crippen LogP contribution in [-0.4, -0.2) is 19.4 Å². The molecular weight excluding hydrogens is 286 g/mol. The molecule has 0 saturated carbocycles. The predicted octanol–water partition coefficient (Wildman–Crippen LogP) is 2.33. The Bertz CT molecular complexity index is 658. The lowest BCUT2D eigenvalue weighted by Gasteiger charge is -2.25. The fourth-order valence-electron chi connectivity index (χ4n) is 1.93. The first-order valence-corrected chi connectivity index (χ1v) is 8.17. The molecule has 0 aliphatic heterocycles. The first-order valence-electron chi connectivity index (χ1n) is 6.73. The first kappa shape index (κ1) is 15.5. The molecule has 2 aromatic rings. The van der Waals surface area contributed by atoms with Crippen molar-refractivity contribution < 1.29 is 8.42 Å². The molecule has 0 aliphatic carbocycles. The Balaban J connectivity index is 2.36. The van der Waals surface area contributed by atoms with Crippen molar-refractivity contribution in [3.8, 4) is 0 Å². The van der Waals surface area contributed by atoms with Crippen molar-refractivity contribution >= 4 is 15.9 Å². The van der Waals surface area contributed by atoms with Crippen LogP contribution in [0.2, 0.25) is 0 Å². The molecule has 0 unspecified atom stereocenters. The number of hydrogen-bond donors (Lipinski definition) is 1. The average molecular weight is 305 g/mol. The van der Waals surface area contributed by atoms with E-state index in [4.69, 9.17) is 0 Å². The molecule has 0 atom stereocenters. The van der Waals surface area contributed by atoms with Crippen LogP contribution in [0.15, 0.2) is 54.9 Å². The number of nitrogens with one attached hydrogen (secondary N) is 1. The number of rotatable bonds is 6. The van der Waals surface area contributed by atoms with Gasteiger partial charge in [-0.2, -0.15) is 13.1 Å². The summed E-state index contributed by atoms with van der Waals surface area (Å²) in [5.74, 6) is 0. The Hall–Kier alpha value is -1.92. The number of benzene rings is 1.